The maximum absolute atomic E-state index is 12.3. The molecule has 0 aromatic heterocycles. The van der Waals surface area contributed by atoms with E-state index in [1.807, 2.05) is 24.3 Å². The van der Waals surface area contributed by atoms with E-state index in [-0.39, 0.29) is 23.9 Å². The Morgan fingerprint density at radius 1 is 1.20 bits per heavy atom. The monoisotopic (exact) mass is 294 g/mol. The lowest BCUT2D eigenvalue weighted by molar-refractivity contribution is -0.118. The van der Waals surface area contributed by atoms with Crippen LogP contribution >= 0.6 is 12.4 Å². The molecular formula is C16H23ClN2O. The molecule has 1 N–H and O–H groups in total. The van der Waals surface area contributed by atoms with Gasteiger partial charge in [-0.1, -0.05) is 17.7 Å². The molecule has 0 bridgehead atoms. The van der Waals surface area contributed by atoms with Gasteiger partial charge in [-0.05, 0) is 57.8 Å². The molecule has 3 rings (SSSR count). The van der Waals surface area contributed by atoms with Crippen molar-refractivity contribution in [1.82, 2.24) is 4.90 Å². The van der Waals surface area contributed by atoms with Crippen LogP contribution in [0.4, 0.5) is 5.69 Å². The molecule has 1 aromatic carbocycles. The minimum atomic E-state index is 0. The van der Waals surface area contributed by atoms with E-state index in [1.54, 1.807) is 0 Å². The zero-order valence-electron chi connectivity index (χ0n) is 12.0. The number of benzene rings is 1. The number of rotatable bonds is 3. The van der Waals surface area contributed by atoms with Crippen molar-refractivity contribution in [2.45, 2.75) is 44.6 Å². The summed E-state index contributed by atoms with van der Waals surface area (Å²) < 4.78 is 0. The summed E-state index contributed by atoms with van der Waals surface area (Å²) >= 11 is 0. The number of nitrogens with one attached hydrogen (secondary N) is 1. The number of carbonyl (C=O) groups is 1. The van der Waals surface area contributed by atoms with Gasteiger partial charge in [0, 0.05) is 17.6 Å². The molecule has 0 spiro atoms. The Hall–Kier alpha value is -1.06. The van der Waals surface area contributed by atoms with Gasteiger partial charge in [-0.15, -0.1) is 12.4 Å². The molecule has 0 unspecified atom stereocenters. The Bertz CT molecular complexity index is 462. The van der Waals surface area contributed by atoms with Crippen molar-refractivity contribution in [1.29, 1.82) is 0 Å². The minimum absolute atomic E-state index is 0. The van der Waals surface area contributed by atoms with Crippen LogP contribution in [0.3, 0.4) is 0 Å². The van der Waals surface area contributed by atoms with Crippen molar-refractivity contribution < 1.29 is 4.79 Å². The maximum Gasteiger partial charge on any atom is 0.226 e. The first-order valence-electron chi connectivity index (χ1n) is 7.30. The lowest BCUT2D eigenvalue weighted by Crippen LogP contribution is -2.41. The predicted octanol–water partition coefficient (Wildman–Crippen LogP) is 3.37. The van der Waals surface area contributed by atoms with Gasteiger partial charge in [0.2, 0.25) is 5.91 Å². The quantitative estimate of drug-likeness (QED) is 0.927. The van der Waals surface area contributed by atoms with E-state index in [2.05, 4.69) is 17.1 Å². The summed E-state index contributed by atoms with van der Waals surface area (Å²) in [5.41, 5.74) is 2.30. The molecule has 0 atom stereocenters. The third-order valence-corrected chi connectivity index (χ3v) is 4.64. The molecule has 20 heavy (non-hydrogen) atoms. The van der Waals surface area contributed by atoms with Crippen LogP contribution in [0, 0.1) is 6.92 Å². The fourth-order valence-corrected chi connectivity index (χ4v) is 3.65. The largest absolute Gasteiger partial charge is 0.326 e. The number of nitrogens with zero attached hydrogens (tertiary/aromatic N) is 1. The molecule has 1 amide bonds. The van der Waals surface area contributed by atoms with Crippen molar-refractivity contribution in [3.05, 3.63) is 29.8 Å². The third-order valence-electron chi connectivity index (χ3n) is 4.64. The molecule has 2 heterocycles. The zero-order valence-corrected chi connectivity index (χ0v) is 12.8. The minimum Gasteiger partial charge on any atom is -0.326 e. The van der Waals surface area contributed by atoms with Crippen LogP contribution < -0.4 is 5.32 Å². The smallest absolute Gasteiger partial charge is 0.226 e. The summed E-state index contributed by atoms with van der Waals surface area (Å²) in [5, 5.41) is 3.04. The van der Waals surface area contributed by atoms with Crippen molar-refractivity contribution in [3.8, 4) is 0 Å². The van der Waals surface area contributed by atoms with E-state index in [9.17, 15) is 4.79 Å². The molecule has 0 saturated carbocycles. The van der Waals surface area contributed by atoms with E-state index in [0.29, 0.717) is 6.42 Å². The molecule has 0 aliphatic carbocycles. The standard InChI is InChI=1S/C16H22N2O.ClH/c1-13-4-6-14(7-5-13)17-15(19)12-16-8-2-10-18(16)11-3-9-16;/h4-7H,2-3,8-12H2,1H3,(H,17,19);1H. The van der Waals surface area contributed by atoms with Crippen molar-refractivity contribution in [2.75, 3.05) is 18.4 Å². The number of amides is 1. The van der Waals surface area contributed by atoms with Crippen LogP contribution in [0.15, 0.2) is 24.3 Å². The van der Waals surface area contributed by atoms with Crippen molar-refractivity contribution in [2.24, 2.45) is 0 Å². The number of fused-ring (bicyclic) bond motifs is 1. The molecular weight excluding hydrogens is 272 g/mol. The number of hydrogen-bond donors (Lipinski definition) is 1. The van der Waals surface area contributed by atoms with E-state index >= 15 is 0 Å². The van der Waals surface area contributed by atoms with Gasteiger partial charge in [0.1, 0.15) is 0 Å². The highest BCUT2D eigenvalue weighted by Crippen LogP contribution is 2.41. The Morgan fingerprint density at radius 2 is 1.80 bits per heavy atom. The van der Waals surface area contributed by atoms with Crippen LogP contribution in [0.5, 0.6) is 0 Å². The molecule has 110 valence electrons. The number of hydrogen-bond acceptors (Lipinski definition) is 2. The highest BCUT2D eigenvalue weighted by Gasteiger charge is 2.45. The van der Waals surface area contributed by atoms with E-state index in [1.165, 1.54) is 44.3 Å². The summed E-state index contributed by atoms with van der Waals surface area (Å²) in [6.07, 6.45) is 5.53. The maximum atomic E-state index is 12.3. The molecule has 4 heteroatoms. The molecule has 2 fully saturated rings. The lowest BCUT2D eigenvalue weighted by Gasteiger charge is -2.31. The normalized spacial score (nSPS) is 20.2. The number of aryl methyl sites for hydroxylation is 1. The number of anilines is 1. The second-order valence-corrected chi connectivity index (χ2v) is 6.01. The van der Waals surface area contributed by atoms with Gasteiger partial charge in [-0.3, -0.25) is 9.69 Å². The summed E-state index contributed by atoms with van der Waals surface area (Å²) in [7, 11) is 0. The van der Waals surface area contributed by atoms with Gasteiger partial charge in [0.15, 0.2) is 0 Å². The zero-order chi connectivity index (χ0) is 13.3. The summed E-state index contributed by atoms with van der Waals surface area (Å²) in [6, 6.07) is 8.02. The van der Waals surface area contributed by atoms with Crippen LogP contribution in [0.1, 0.15) is 37.7 Å². The van der Waals surface area contributed by atoms with Crippen LogP contribution in [0.2, 0.25) is 0 Å². The second kappa shape index (κ2) is 6.15. The highest BCUT2D eigenvalue weighted by atomic mass is 35.5. The van der Waals surface area contributed by atoms with Crippen LogP contribution in [-0.2, 0) is 4.79 Å². The average Bonchev–Trinajstić information content (AvgIpc) is 2.91. The fraction of sp³-hybridized carbons (Fsp3) is 0.562. The molecule has 0 radical (unpaired) electrons. The number of halogens is 1. The Labute approximate surface area is 127 Å². The average molecular weight is 295 g/mol. The molecule has 3 nitrogen and oxygen atoms in total. The van der Waals surface area contributed by atoms with Crippen LogP contribution in [0.25, 0.3) is 0 Å². The van der Waals surface area contributed by atoms with Gasteiger partial charge in [0.05, 0.1) is 0 Å². The van der Waals surface area contributed by atoms with Gasteiger partial charge in [-0.2, -0.15) is 0 Å². The predicted molar refractivity (Wildman–Crippen MR) is 84.4 cm³/mol. The first-order valence-corrected chi connectivity index (χ1v) is 7.30. The highest BCUT2D eigenvalue weighted by molar-refractivity contribution is 5.91. The lowest BCUT2D eigenvalue weighted by atomic mass is 9.90. The van der Waals surface area contributed by atoms with Crippen molar-refractivity contribution in [3.63, 3.8) is 0 Å². The van der Waals surface area contributed by atoms with E-state index in [4.69, 9.17) is 0 Å². The fourth-order valence-electron chi connectivity index (χ4n) is 3.65. The first kappa shape index (κ1) is 15.3. The van der Waals surface area contributed by atoms with Gasteiger partial charge in [-0.25, -0.2) is 0 Å². The van der Waals surface area contributed by atoms with Gasteiger partial charge >= 0.3 is 0 Å². The van der Waals surface area contributed by atoms with Gasteiger partial charge in [0.25, 0.3) is 0 Å². The third kappa shape index (κ3) is 2.99. The molecule has 1 aromatic rings. The summed E-state index contributed by atoms with van der Waals surface area (Å²) in [6.45, 7) is 4.41. The molecule has 2 aliphatic heterocycles. The Balaban J connectivity index is 0.00000147. The number of carbonyl (C=O) groups excluding carboxylic acids is 1. The topological polar surface area (TPSA) is 32.3 Å². The van der Waals surface area contributed by atoms with Crippen molar-refractivity contribution >= 4 is 24.0 Å². The Morgan fingerprint density at radius 3 is 2.40 bits per heavy atom. The first-order chi connectivity index (χ1) is 9.18. The van der Waals surface area contributed by atoms with E-state index in [0.717, 1.165) is 5.69 Å². The van der Waals surface area contributed by atoms with E-state index < -0.39 is 0 Å². The summed E-state index contributed by atoms with van der Waals surface area (Å²) in [5.74, 6) is 0.164. The Kier molecular flexibility index (Phi) is 4.71. The summed E-state index contributed by atoms with van der Waals surface area (Å²) in [4.78, 5) is 14.8. The molecule has 2 saturated heterocycles. The molecule has 2 aliphatic rings. The van der Waals surface area contributed by atoms with Gasteiger partial charge < -0.3 is 5.32 Å². The SMILES string of the molecule is Cc1ccc(NC(=O)CC23CCCN2CCC3)cc1.Cl. The van der Waals surface area contributed by atoms with Crippen LogP contribution in [-0.4, -0.2) is 29.4 Å². The second-order valence-electron chi connectivity index (χ2n) is 6.01.